The minimum atomic E-state index is -0.614. The second-order valence-corrected chi connectivity index (χ2v) is 4.55. The van der Waals surface area contributed by atoms with Crippen LogP contribution in [0.5, 0.6) is 0 Å². The van der Waals surface area contributed by atoms with E-state index in [1.807, 2.05) is 6.07 Å². The van der Waals surface area contributed by atoms with Crippen molar-refractivity contribution in [1.82, 2.24) is 0 Å². The van der Waals surface area contributed by atoms with E-state index in [9.17, 15) is 0 Å². The molecule has 0 amide bonds. The summed E-state index contributed by atoms with van der Waals surface area (Å²) in [6.45, 7) is 1.72. The molecule has 0 fully saturated rings. The van der Waals surface area contributed by atoms with Gasteiger partial charge in [-0.15, -0.1) is 0 Å². The fourth-order valence-electron chi connectivity index (χ4n) is 1.17. The summed E-state index contributed by atoms with van der Waals surface area (Å²) in [5.74, 6) is 0. The van der Waals surface area contributed by atoms with Crippen LogP contribution in [0, 0.1) is 0 Å². The van der Waals surface area contributed by atoms with Crippen LogP contribution in [-0.4, -0.2) is 17.3 Å². The van der Waals surface area contributed by atoms with Gasteiger partial charge in [0.1, 0.15) is 0 Å². The van der Waals surface area contributed by atoms with E-state index in [4.69, 9.17) is 34.0 Å². The molecule has 0 aliphatic rings. The number of rotatable bonds is 3. The standard InChI is InChI=1S/C10H13Cl2NO/c1-10(13,6-14)5-7-2-3-8(11)9(12)4-7/h2-4,14H,5-6,13H2,1H3. The molecule has 0 aliphatic heterocycles. The van der Waals surface area contributed by atoms with Crippen LogP contribution in [0.4, 0.5) is 0 Å². The van der Waals surface area contributed by atoms with Crippen molar-refractivity contribution < 1.29 is 5.11 Å². The quantitative estimate of drug-likeness (QED) is 0.842. The molecular formula is C10H13Cl2NO. The highest BCUT2D eigenvalue weighted by Crippen LogP contribution is 2.24. The van der Waals surface area contributed by atoms with Gasteiger partial charge >= 0.3 is 0 Å². The second-order valence-electron chi connectivity index (χ2n) is 3.74. The maximum absolute atomic E-state index is 9.00. The van der Waals surface area contributed by atoms with E-state index in [-0.39, 0.29) is 6.61 Å². The molecule has 4 heteroatoms. The van der Waals surface area contributed by atoms with E-state index in [0.29, 0.717) is 16.5 Å². The third-order valence-electron chi connectivity index (χ3n) is 1.95. The summed E-state index contributed by atoms with van der Waals surface area (Å²) in [4.78, 5) is 0. The summed E-state index contributed by atoms with van der Waals surface area (Å²) in [6.07, 6.45) is 0.570. The van der Waals surface area contributed by atoms with Crippen LogP contribution in [0.25, 0.3) is 0 Å². The Morgan fingerprint density at radius 2 is 2.00 bits per heavy atom. The minimum absolute atomic E-state index is 0.0623. The van der Waals surface area contributed by atoms with Gasteiger partial charge in [0.15, 0.2) is 0 Å². The van der Waals surface area contributed by atoms with Crippen molar-refractivity contribution in [1.29, 1.82) is 0 Å². The van der Waals surface area contributed by atoms with E-state index in [0.717, 1.165) is 5.56 Å². The topological polar surface area (TPSA) is 46.2 Å². The Bertz CT molecular complexity index is 326. The van der Waals surface area contributed by atoms with Gasteiger partial charge in [-0.3, -0.25) is 0 Å². The number of aliphatic hydroxyl groups excluding tert-OH is 1. The van der Waals surface area contributed by atoms with Crippen molar-refractivity contribution in [2.75, 3.05) is 6.61 Å². The largest absolute Gasteiger partial charge is 0.394 e. The van der Waals surface area contributed by atoms with Crippen LogP contribution in [0.2, 0.25) is 10.0 Å². The Kier molecular flexibility index (Phi) is 3.78. The normalized spacial score (nSPS) is 15.2. The molecule has 0 aromatic heterocycles. The van der Waals surface area contributed by atoms with Gasteiger partial charge in [-0.05, 0) is 31.0 Å². The highest BCUT2D eigenvalue weighted by atomic mass is 35.5. The maximum atomic E-state index is 9.00. The van der Waals surface area contributed by atoms with Crippen molar-refractivity contribution >= 4 is 23.2 Å². The number of hydrogen-bond acceptors (Lipinski definition) is 2. The van der Waals surface area contributed by atoms with E-state index < -0.39 is 5.54 Å². The monoisotopic (exact) mass is 233 g/mol. The van der Waals surface area contributed by atoms with Crippen LogP contribution in [-0.2, 0) is 6.42 Å². The number of aliphatic hydroxyl groups is 1. The lowest BCUT2D eigenvalue weighted by molar-refractivity contribution is 0.208. The predicted molar refractivity (Wildman–Crippen MR) is 59.8 cm³/mol. The highest BCUT2D eigenvalue weighted by Gasteiger charge is 2.17. The zero-order valence-electron chi connectivity index (χ0n) is 7.93. The molecule has 1 unspecified atom stereocenters. The Balaban J connectivity index is 2.83. The van der Waals surface area contributed by atoms with Crippen molar-refractivity contribution in [3.05, 3.63) is 33.8 Å². The third-order valence-corrected chi connectivity index (χ3v) is 2.69. The predicted octanol–water partition coefficient (Wildman–Crippen LogP) is 2.25. The SMILES string of the molecule is CC(N)(CO)Cc1ccc(Cl)c(Cl)c1. The average molecular weight is 234 g/mol. The number of hydrogen-bond donors (Lipinski definition) is 2. The molecule has 0 radical (unpaired) electrons. The molecule has 1 aromatic rings. The fourth-order valence-corrected chi connectivity index (χ4v) is 1.49. The lowest BCUT2D eigenvalue weighted by Gasteiger charge is -2.21. The van der Waals surface area contributed by atoms with Crippen molar-refractivity contribution in [2.24, 2.45) is 5.73 Å². The van der Waals surface area contributed by atoms with Crippen molar-refractivity contribution in [2.45, 2.75) is 18.9 Å². The summed E-state index contributed by atoms with van der Waals surface area (Å²) in [7, 11) is 0. The molecule has 2 nitrogen and oxygen atoms in total. The molecule has 0 aliphatic carbocycles. The van der Waals surface area contributed by atoms with Crippen LogP contribution in [0.3, 0.4) is 0 Å². The first-order chi connectivity index (χ1) is 6.44. The highest BCUT2D eigenvalue weighted by molar-refractivity contribution is 6.42. The number of halogens is 2. The Morgan fingerprint density at radius 3 is 2.50 bits per heavy atom. The van der Waals surface area contributed by atoms with Gasteiger partial charge < -0.3 is 10.8 Å². The van der Waals surface area contributed by atoms with Crippen LogP contribution < -0.4 is 5.73 Å². The second kappa shape index (κ2) is 4.49. The van der Waals surface area contributed by atoms with Gasteiger partial charge in [0.05, 0.1) is 16.7 Å². The average Bonchev–Trinajstić information content (AvgIpc) is 2.11. The molecule has 0 saturated carbocycles. The molecule has 1 rings (SSSR count). The van der Waals surface area contributed by atoms with Gasteiger partial charge in [-0.25, -0.2) is 0 Å². The molecule has 1 aromatic carbocycles. The molecule has 1 atom stereocenters. The Labute approximate surface area is 93.6 Å². The molecule has 0 heterocycles. The summed E-state index contributed by atoms with van der Waals surface area (Å²) in [5.41, 5.74) is 6.17. The minimum Gasteiger partial charge on any atom is -0.394 e. The Hall–Kier alpha value is -0.280. The van der Waals surface area contributed by atoms with Gasteiger partial charge in [0.2, 0.25) is 0 Å². The first kappa shape index (κ1) is 11.8. The number of nitrogens with two attached hydrogens (primary N) is 1. The summed E-state index contributed by atoms with van der Waals surface area (Å²) in [6, 6.07) is 5.35. The molecule has 3 N–H and O–H groups in total. The first-order valence-electron chi connectivity index (χ1n) is 4.28. The van der Waals surface area contributed by atoms with Gasteiger partial charge in [-0.2, -0.15) is 0 Å². The lowest BCUT2D eigenvalue weighted by Crippen LogP contribution is -2.42. The maximum Gasteiger partial charge on any atom is 0.0611 e. The molecule has 78 valence electrons. The van der Waals surface area contributed by atoms with Crippen LogP contribution >= 0.6 is 23.2 Å². The van der Waals surface area contributed by atoms with Crippen molar-refractivity contribution in [3.8, 4) is 0 Å². The summed E-state index contributed by atoms with van der Waals surface area (Å²) in [5, 5.41) is 10.0. The summed E-state index contributed by atoms with van der Waals surface area (Å²) < 4.78 is 0. The summed E-state index contributed by atoms with van der Waals surface area (Å²) >= 11 is 11.6. The van der Waals surface area contributed by atoms with E-state index in [1.54, 1.807) is 19.1 Å². The molecule has 0 spiro atoms. The van der Waals surface area contributed by atoms with E-state index in [1.165, 1.54) is 0 Å². The zero-order valence-corrected chi connectivity index (χ0v) is 9.44. The molecule has 0 bridgehead atoms. The zero-order chi connectivity index (χ0) is 10.8. The van der Waals surface area contributed by atoms with E-state index in [2.05, 4.69) is 0 Å². The van der Waals surface area contributed by atoms with Gasteiger partial charge in [0, 0.05) is 5.54 Å². The first-order valence-corrected chi connectivity index (χ1v) is 5.04. The lowest BCUT2D eigenvalue weighted by atomic mass is 9.95. The van der Waals surface area contributed by atoms with Gasteiger partial charge in [-0.1, -0.05) is 29.3 Å². The molecule has 0 saturated heterocycles. The third kappa shape index (κ3) is 3.14. The Morgan fingerprint density at radius 1 is 1.36 bits per heavy atom. The van der Waals surface area contributed by atoms with E-state index >= 15 is 0 Å². The smallest absolute Gasteiger partial charge is 0.0611 e. The van der Waals surface area contributed by atoms with Crippen LogP contribution in [0.1, 0.15) is 12.5 Å². The van der Waals surface area contributed by atoms with Gasteiger partial charge in [0.25, 0.3) is 0 Å². The van der Waals surface area contributed by atoms with Crippen molar-refractivity contribution in [3.63, 3.8) is 0 Å². The fraction of sp³-hybridized carbons (Fsp3) is 0.400. The number of benzene rings is 1. The van der Waals surface area contributed by atoms with Crippen LogP contribution in [0.15, 0.2) is 18.2 Å². The molecular weight excluding hydrogens is 221 g/mol. The molecule has 14 heavy (non-hydrogen) atoms.